The minimum Gasteiger partial charge on any atom is -0.469 e. The summed E-state index contributed by atoms with van der Waals surface area (Å²) in [6, 6.07) is 0. The molecule has 0 saturated carbocycles. The fourth-order valence-electron chi connectivity index (χ4n) is 1.67. The summed E-state index contributed by atoms with van der Waals surface area (Å²) >= 11 is 1.74. The summed E-state index contributed by atoms with van der Waals surface area (Å²) in [7, 11) is 3.10. The van der Waals surface area contributed by atoms with Gasteiger partial charge in [-0.15, -0.1) is 35.3 Å². The molecule has 1 rings (SSSR count). The molecule has 0 radical (unpaired) electrons. The number of hydrogen-bond acceptors (Lipinski definition) is 5. The Balaban J connectivity index is 0.00000441. The fraction of sp³-hybridized carbons (Fsp3) is 0.643. The molecule has 2 N–H and O–H groups in total. The summed E-state index contributed by atoms with van der Waals surface area (Å²) in [5, 5.41) is 7.44. The molecule has 0 aliphatic rings. The van der Waals surface area contributed by atoms with Gasteiger partial charge in [0.25, 0.3) is 0 Å². The number of thiazole rings is 1. The molecule has 0 spiro atoms. The second-order valence-corrected chi connectivity index (χ2v) is 5.83. The Morgan fingerprint density at radius 1 is 1.50 bits per heavy atom. The van der Waals surface area contributed by atoms with E-state index < -0.39 is 0 Å². The first kappa shape index (κ1) is 21.1. The minimum atomic E-state index is -0.229. The first-order chi connectivity index (χ1) is 10.1. The topological polar surface area (TPSA) is 75.6 Å². The molecule has 22 heavy (non-hydrogen) atoms. The average Bonchev–Trinajstić information content (AvgIpc) is 2.97. The molecule has 1 atom stereocenters. The number of carbonyl (C=O) groups is 1. The maximum absolute atomic E-state index is 11.3. The van der Waals surface area contributed by atoms with Crippen LogP contribution < -0.4 is 10.6 Å². The van der Waals surface area contributed by atoms with Crippen LogP contribution in [0, 0.1) is 5.92 Å². The monoisotopic (exact) mass is 440 g/mol. The van der Waals surface area contributed by atoms with E-state index in [0.29, 0.717) is 12.5 Å². The van der Waals surface area contributed by atoms with Gasteiger partial charge in [0.15, 0.2) is 5.96 Å². The van der Waals surface area contributed by atoms with Crippen molar-refractivity contribution in [1.29, 1.82) is 0 Å². The van der Waals surface area contributed by atoms with Crippen molar-refractivity contribution in [2.75, 3.05) is 27.2 Å². The van der Waals surface area contributed by atoms with Gasteiger partial charge in [-0.05, 0) is 6.42 Å². The van der Waals surface area contributed by atoms with E-state index in [2.05, 4.69) is 32.3 Å². The van der Waals surface area contributed by atoms with Crippen molar-refractivity contribution in [1.82, 2.24) is 15.6 Å². The third-order valence-corrected chi connectivity index (χ3v) is 4.19. The Kier molecular flexibility index (Phi) is 11.2. The van der Waals surface area contributed by atoms with Gasteiger partial charge in [-0.3, -0.25) is 9.79 Å². The number of guanidine groups is 1. The molecule has 8 heteroatoms. The smallest absolute Gasteiger partial charge is 0.310 e. The lowest BCUT2D eigenvalue weighted by molar-refractivity contribution is -0.144. The standard InChI is InChI=1S/C14H24N4O2S.HI/c1-5-11-9-17-12(21-11)6-7-16-14(15-3)18-8-10(2)13(19)20-4;/h9-10H,5-8H2,1-4H3,(H2,15,16,18);1H. The van der Waals surface area contributed by atoms with Crippen molar-refractivity contribution in [3.05, 3.63) is 16.1 Å². The summed E-state index contributed by atoms with van der Waals surface area (Å²) in [4.78, 5) is 21.1. The molecule has 0 aromatic carbocycles. The number of ether oxygens (including phenoxy) is 1. The van der Waals surface area contributed by atoms with E-state index in [4.69, 9.17) is 0 Å². The fourth-order valence-corrected chi connectivity index (χ4v) is 2.53. The number of esters is 1. The van der Waals surface area contributed by atoms with Gasteiger partial charge >= 0.3 is 5.97 Å². The summed E-state index contributed by atoms with van der Waals surface area (Å²) < 4.78 is 4.68. The van der Waals surface area contributed by atoms with E-state index in [-0.39, 0.29) is 35.9 Å². The quantitative estimate of drug-likeness (QED) is 0.293. The molecule has 1 aromatic rings. The van der Waals surface area contributed by atoms with Gasteiger partial charge in [0, 0.05) is 37.6 Å². The van der Waals surface area contributed by atoms with Crippen LogP contribution in [0.3, 0.4) is 0 Å². The normalized spacial score (nSPS) is 12.3. The van der Waals surface area contributed by atoms with Crippen LogP contribution in [0.5, 0.6) is 0 Å². The number of nitrogens with zero attached hydrogens (tertiary/aromatic N) is 2. The molecule has 1 heterocycles. The molecule has 126 valence electrons. The molecule has 6 nitrogen and oxygen atoms in total. The van der Waals surface area contributed by atoms with Gasteiger partial charge in [-0.25, -0.2) is 4.98 Å². The van der Waals surface area contributed by atoms with E-state index in [1.54, 1.807) is 18.4 Å². The largest absolute Gasteiger partial charge is 0.469 e. The van der Waals surface area contributed by atoms with Crippen LogP contribution in [0.25, 0.3) is 0 Å². The number of aromatic nitrogens is 1. The zero-order chi connectivity index (χ0) is 15.7. The Labute approximate surface area is 153 Å². The number of aryl methyl sites for hydroxylation is 1. The zero-order valence-electron chi connectivity index (χ0n) is 13.5. The van der Waals surface area contributed by atoms with E-state index in [1.807, 2.05) is 13.1 Å². The summed E-state index contributed by atoms with van der Waals surface area (Å²) in [5.74, 6) is 0.241. The molecule has 1 unspecified atom stereocenters. The Bertz CT molecular complexity index is 479. The average molecular weight is 440 g/mol. The maximum Gasteiger partial charge on any atom is 0.310 e. The van der Waals surface area contributed by atoms with Crippen molar-refractivity contribution in [2.45, 2.75) is 26.7 Å². The molecule has 0 fully saturated rings. The summed E-state index contributed by atoms with van der Waals surface area (Å²) in [6.45, 7) is 5.18. The third-order valence-electron chi connectivity index (χ3n) is 2.98. The summed E-state index contributed by atoms with van der Waals surface area (Å²) in [6.07, 6.45) is 3.82. The van der Waals surface area contributed by atoms with E-state index >= 15 is 0 Å². The van der Waals surface area contributed by atoms with Crippen LogP contribution >= 0.6 is 35.3 Å². The number of carbonyl (C=O) groups excluding carboxylic acids is 1. The van der Waals surface area contributed by atoms with Crippen molar-refractivity contribution in [2.24, 2.45) is 10.9 Å². The number of nitrogens with one attached hydrogen (secondary N) is 2. The van der Waals surface area contributed by atoms with E-state index in [0.717, 1.165) is 24.4 Å². The lowest BCUT2D eigenvalue weighted by atomic mass is 10.2. The number of hydrogen-bond donors (Lipinski definition) is 2. The second-order valence-electron chi connectivity index (χ2n) is 4.63. The predicted octanol–water partition coefficient (Wildman–Crippen LogP) is 1.84. The highest BCUT2D eigenvalue weighted by Crippen LogP contribution is 2.13. The maximum atomic E-state index is 11.3. The number of halogens is 1. The number of rotatable bonds is 7. The highest BCUT2D eigenvalue weighted by atomic mass is 127. The van der Waals surface area contributed by atoms with Crippen LogP contribution in [-0.4, -0.2) is 44.2 Å². The first-order valence-electron chi connectivity index (χ1n) is 7.06. The Hall–Kier alpha value is -0.900. The lowest BCUT2D eigenvalue weighted by Gasteiger charge is -2.14. The molecule has 0 saturated heterocycles. The summed E-state index contributed by atoms with van der Waals surface area (Å²) in [5.41, 5.74) is 0. The SMILES string of the molecule is CCc1cnc(CCNC(=NC)NCC(C)C(=O)OC)s1.I. The van der Waals surface area contributed by atoms with Crippen LogP contribution in [0.4, 0.5) is 0 Å². The molecule has 0 bridgehead atoms. The van der Waals surface area contributed by atoms with Crippen LogP contribution in [0.1, 0.15) is 23.7 Å². The number of methoxy groups -OCH3 is 1. The van der Waals surface area contributed by atoms with Gasteiger partial charge in [0.2, 0.25) is 0 Å². The lowest BCUT2D eigenvalue weighted by Crippen LogP contribution is -2.41. The van der Waals surface area contributed by atoms with Gasteiger partial charge in [-0.2, -0.15) is 0 Å². The van der Waals surface area contributed by atoms with Crippen molar-refractivity contribution in [3.63, 3.8) is 0 Å². The molecule has 0 amide bonds. The van der Waals surface area contributed by atoms with Crippen LogP contribution in [-0.2, 0) is 22.4 Å². The van der Waals surface area contributed by atoms with E-state index in [1.165, 1.54) is 12.0 Å². The minimum absolute atomic E-state index is 0. The number of aliphatic imine (C=N–C) groups is 1. The molecule has 0 aliphatic carbocycles. The van der Waals surface area contributed by atoms with E-state index in [9.17, 15) is 4.79 Å². The Morgan fingerprint density at radius 2 is 2.23 bits per heavy atom. The van der Waals surface area contributed by atoms with Crippen LogP contribution in [0.2, 0.25) is 0 Å². The highest BCUT2D eigenvalue weighted by molar-refractivity contribution is 14.0. The first-order valence-corrected chi connectivity index (χ1v) is 7.88. The van der Waals surface area contributed by atoms with Crippen molar-refractivity contribution in [3.8, 4) is 0 Å². The molecule has 1 aromatic heterocycles. The highest BCUT2D eigenvalue weighted by Gasteiger charge is 2.13. The van der Waals surface area contributed by atoms with Crippen molar-refractivity contribution < 1.29 is 9.53 Å². The van der Waals surface area contributed by atoms with Gasteiger partial charge in [0.1, 0.15) is 0 Å². The second kappa shape index (κ2) is 11.6. The van der Waals surface area contributed by atoms with Crippen molar-refractivity contribution >= 4 is 47.2 Å². The molecular weight excluding hydrogens is 415 g/mol. The zero-order valence-corrected chi connectivity index (χ0v) is 16.7. The predicted molar refractivity (Wildman–Crippen MR) is 101 cm³/mol. The Morgan fingerprint density at radius 3 is 2.77 bits per heavy atom. The molecule has 0 aliphatic heterocycles. The van der Waals surface area contributed by atoms with Gasteiger partial charge in [-0.1, -0.05) is 13.8 Å². The van der Waals surface area contributed by atoms with Crippen LogP contribution in [0.15, 0.2) is 11.2 Å². The van der Waals surface area contributed by atoms with Gasteiger partial charge in [0.05, 0.1) is 18.0 Å². The van der Waals surface area contributed by atoms with Gasteiger partial charge < -0.3 is 15.4 Å². The molecular formula is C14H25IN4O2S. The third kappa shape index (κ3) is 7.39.